The number of carbonyl (C=O) groups excluding carboxylic acids is 1. The number of aromatic hydroxyl groups is 1. The predicted octanol–water partition coefficient (Wildman–Crippen LogP) is 2.49. The monoisotopic (exact) mass is 235 g/mol. The molecule has 0 bridgehead atoms. The Bertz CT molecular complexity index is 361. The zero-order chi connectivity index (χ0) is 12.7. The summed E-state index contributed by atoms with van der Waals surface area (Å²) < 4.78 is 0. The van der Waals surface area contributed by atoms with Crippen molar-refractivity contribution in [1.82, 2.24) is 5.32 Å². The molecule has 0 saturated carbocycles. The third kappa shape index (κ3) is 5.38. The average Bonchev–Trinajstić information content (AvgIpc) is 2.27. The van der Waals surface area contributed by atoms with Gasteiger partial charge in [0, 0.05) is 13.0 Å². The van der Waals surface area contributed by atoms with Crippen LogP contribution in [0.5, 0.6) is 5.75 Å². The standard InChI is InChI=1S/C14H21NO2/c1-11(2)9-10-15-14(17)8-7-12-5-3-4-6-13(12)16/h3-6,11,16H,7-10H2,1-2H3,(H,15,17). The zero-order valence-electron chi connectivity index (χ0n) is 10.6. The van der Waals surface area contributed by atoms with Crippen LogP contribution in [0.2, 0.25) is 0 Å². The smallest absolute Gasteiger partial charge is 0.220 e. The maximum Gasteiger partial charge on any atom is 0.220 e. The second-order valence-electron chi connectivity index (χ2n) is 4.66. The van der Waals surface area contributed by atoms with Crippen molar-refractivity contribution in [3.63, 3.8) is 0 Å². The molecule has 17 heavy (non-hydrogen) atoms. The number of phenols is 1. The molecule has 1 amide bonds. The Morgan fingerprint density at radius 2 is 2.06 bits per heavy atom. The summed E-state index contributed by atoms with van der Waals surface area (Å²) in [7, 11) is 0. The summed E-state index contributed by atoms with van der Waals surface area (Å²) in [5.74, 6) is 0.921. The minimum atomic E-state index is 0.0499. The number of nitrogens with one attached hydrogen (secondary N) is 1. The lowest BCUT2D eigenvalue weighted by Crippen LogP contribution is -2.25. The molecule has 0 spiro atoms. The van der Waals surface area contributed by atoms with E-state index in [1.165, 1.54) is 0 Å². The molecule has 3 heteroatoms. The molecule has 0 aliphatic heterocycles. The zero-order valence-corrected chi connectivity index (χ0v) is 10.6. The summed E-state index contributed by atoms with van der Waals surface area (Å²) in [6.45, 7) is 5.00. The molecule has 1 rings (SSSR count). The van der Waals surface area contributed by atoms with Crippen LogP contribution in [0.4, 0.5) is 0 Å². The quantitative estimate of drug-likeness (QED) is 0.796. The van der Waals surface area contributed by atoms with Crippen LogP contribution in [0.25, 0.3) is 0 Å². The number of hydrogen-bond donors (Lipinski definition) is 2. The van der Waals surface area contributed by atoms with Crippen molar-refractivity contribution in [1.29, 1.82) is 0 Å². The Morgan fingerprint density at radius 3 is 2.71 bits per heavy atom. The maximum absolute atomic E-state index is 11.5. The molecule has 3 nitrogen and oxygen atoms in total. The van der Waals surface area contributed by atoms with Crippen molar-refractivity contribution in [2.24, 2.45) is 5.92 Å². The number of amides is 1. The molecule has 0 heterocycles. The number of phenolic OH excluding ortho intramolecular Hbond substituents is 1. The van der Waals surface area contributed by atoms with Crippen LogP contribution in [-0.4, -0.2) is 17.6 Å². The Balaban J connectivity index is 2.26. The van der Waals surface area contributed by atoms with Crippen LogP contribution in [0.1, 0.15) is 32.3 Å². The number of rotatable bonds is 6. The van der Waals surface area contributed by atoms with E-state index >= 15 is 0 Å². The Kier molecular flexibility index (Phi) is 5.53. The topological polar surface area (TPSA) is 49.3 Å². The predicted molar refractivity (Wildman–Crippen MR) is 68.9 cm³/mol. The summed E-state index contributed by atoms with van der Waals surface area (Å²) in [5, 5.41) is 12.4. The Labute approximate surface area is 103 Å². The van der Waals surface area contributed by atoms with E-state index in [9.17, 15) is 9.90 Å². The first-order valence-corrected chi connectivity index (χ1v) is 6.13. The third-order valence-corrected chi connectivity index (χ3v) is 2.66. The van der Waals surface area contributed by atoms with Crippen LogP contribution in [0, 0.1) is 5.92 Å². The molecular weight excluding hydrogens is 214 g/mol. The van der Waals surface area contributed by atoms with Gasteiger partial charge in [0.2, 0.25) is 5.91 Å². The van der Waals surface area contributed by atoms with Gasteiger partial charge < -0.3 is 10.4 Å². The highest BCUT2D eigenvalue weighted by Gasteiger charge is 2.05. The number of aryl methyl sites for hydroxylation is 1. The lowest BCUT2D eigenvalue weighted by molar-refractivity contribution is -0.121. The molecule has 94 valence electrons. The Hall–Kier alpha value is -1.51. The molecule has 0 unspecified atom stereocenters. The van der Waals surface area contributed by atoms with Crippen molar-refractivity contribution in [2.75, 3.05) is 6.54 Å². The highest BCUT2D eigenvalue weighted by Crippen LogP contribution is 2.16. The van der Waals surface area contributed by atoms with E-state index in [1.54, 1.807) is 12.1 Å². The second kappa shape index (κ2) is 6.94. The molecule has 0 radical (unpaired) electrons. The molecule has 0 fully saturated rings. The fourth-order valence-electron chi connectivity index (χ4n) is 1.56. The van der Waals surface area contributed by atoms with Gasteiger partial charge in [-0.05, 0) is 30.4 Å². The lowest BCUT2D eigenvalue weighted by Gasteiger charge is -2.07. The van der Waals surface area contributed by atoms with Crippen LogP contribution in [0.3, 0.4) is 0 Å². The van der Waals surface area contributed by atoms with Gasteiger partial charge >= 0.3 is 0 Å². The molecule has 0 aliphatic carbocycles. The molecule has 0 saturated heterocycles. The van der Waals surface area contributed by atoms with Crippen molar-refractivity contribution in [3.05, 3.63) is 29.8 Å². The van der Waals surface area contributed by atoms with E-state index < -0.39 is 0 Å². The molecule has 1 aromatic carbocycles. The summed E-state index contributed by atoms with van der Waals surface area (Å²) in [6, 6.07) is 7.13. The van der Waals surface area contributed by atoms with Gasteiger partial charge in [0.05, 0.1) is 0 Å². The van der Waals surface area contributed by atoms with Gasteiger partial charge in [0.25, 0.3) is 0 Å². The van der Waals surface area contributed by atoms with Gasteiger partial charge in [-0.25, -0.2) is 0 Å². The van der Waals surface area contributed by atoms with Crippen LogP contribution in [0.15, 0.2) is 24.3 Å². The molecule has 1 aromatic rings. The van der Waals surface area contributed by atoms with E-state index in [0.717, 1.165) is 18.5 Å². The maximum atomic E-state index is 11.5. The molecule has 2 N–H and O–H groups in total. The van der Waals surface area contributed by atoms with E-state index in [0.29, 0.717) is 18.8 Å². The minimum Gasteiger partial charge on any atom is -0.508 e. The van der Waals surface area contributed by atoms with Gasteiger partial charge in [-0.3, -0.25) is 4.79 Å². The van der Waals surface area contributed by atoms with Gasteiger partial charge in [0.15, 0.2) is 0 Å². The van der Waals surface area contributed by atoms with Crippen LogP contribution < -0.4 is 5.32 Å². The fourth-order valence-corrected chi connectivity index (χ4v) is 1.56. The summed E-state index contributed by atoms with van der Waals surface area (Å²) in [4.78, 5) is 11.5. The van der Waals surface area contributed by atoms with Crippen LogP contribution in [-0.2, 0) is 11.2 Å². The first-order valence-electron chi connectivity index (χ1n) is 6.13. The molecule has 0 atom stereocenters. The SMILES string of the molecule is CC(C)CCNC(=O)CCc1ccccc1O. The molecular formula is C14H21NO2. The first kappa shape index (κ1) is 13.6. The fraction of sp³-hybridized carbons (Fsp3) is 0.500. The van der Waals surface area contributed by atoms with Gasteiger partial charge in [-0.1, -0.05) is 32.0 Å². The molecule has 0 aliphatic rings. The highest BCUT2D eigenvalue weighted by atomic mass is 16.3. The van der Waals surface area contributed by atoms with Crippen molar-refractivity contribution in [3.8, 4) is 5.75 Å². The Morgan fingerprint density at radius 1 is 1.35 bits per heavy atom. The van der Waals surface area contributed by atoms with Gasteiger partial charge in [-0.15, -0.1) is 0 Å². The van der Waals surface area contributed by atoms with E-state index in [2.05, 4.69) is 19.2 Å². The average molecular weight is 235 g/mol. The normalized spacial score (nSPS) is 10.5. The van der Waals surface area contributed by atoms with Crippen molar-refractivity contribution >= 4 is 5.91 Å². The number of carbonyl (C=O) groups is 1. The first-order chi connectivity index (χ1) is 8.09. The number of benzene rings is 1. The van der Waals surface area contributed by atoms with Gasteiger partial charge in [-0.2, -0.15) is 0 Å². The van der Waals surface area contributed by atoms with E-state index in [4.69, 9.17) is 0 Å². The van der Waals surface area contributed by atoms with E-state index in [-0.39, 0.29) is 11.7 Å². The minimum absolute atomic E-state index is 0.0499. The third-order valence-electron chi connectivity index (χ3n) is 2.66. The van der Waals surface area contributed by atoms with Crippen LogP contribution >= 0.6 is 0 Å². The highest BCUT2D eigenvalue weighted by molar-refractivity contribution is 5.76. The summed E-state index contributed by atoms with van der Waals surface area (Å²) >= 11 is 0. The molecule has 0 aromatic heterocycles. The van der Waals surface area contributed by atoms with Crippen molar-refractivity contribution in [2.45, 2.75) is 33.1 Å². The van der Waals surface area contributed by atoms with Crippen molar-refractivity contribution < 1.29 is 9.90 Å². The van der Waals surface area contributed by atoms with Gasteiger partial charge in [0.1, 0.15) is 5.75 Å². The lowest BCUT2D eigenvalue weighted by atomic mass is 10.1. The number of para-hydroxylation sites is 1. The van der Waals surface area contributed by atoms with E-state index in [1.807, 2.05) is 12.1 Å². The largest absolute Gasteiger partial charge is 0.508 e. The summed E-state index contributed by atoms with van der Waals surface area (Å²) in [6.07, 6.45) is 2.01. The number of hydrogen-bond acceptors (Lipinski definition) is 2. The second-order valence-corrected chi connectivity index (χ2v) is 4.66. The summed E-state index contributed by atoms with van der Waals surface area (Å²) in [5.41, 5.74) is 0.825.